The molecule has 104 valence electrons. The van der Waals surface area contributed by atoms with Gasteiger partial charge in [0.15, 0.2) is 0 Å². The minimum atomic E-state index is -0.125. The van der Waals surface area contributed by atoms with Crippen molar-refractivity contribution >= 4 is 5.97 Å². The van der Waals surface area contributed by atoms with Gasteiger partial charge in [0, 0.05) is 0 Å². The van der Waals surface area contributed by atoms with Gasteiger partial charge in [0.1, 0.15) is 0 Å². The second kappa shape index (κ2) is 7.26. The molecule has 1 aromatic rings. The number of rotatable bonds is 7. The second-order valence-electron chi connectivity index (χ2n) is 4.72. The van der Waals surface area contributed by atoms with Gasteiger partial charge in [-0.3, -0.25) is 4.79 Å². The van der Waals surface area contributed by atoms with Crippen LogP contribution in [-0.2, 0) is 25.6 Å². The van der Waals surface area contributed by atoms with Crippen LogP contribution in [0.25, 0.3) is 0 Å². The minimum absolute atomic E-state index is 0.0280. The highest BCUT2D eigenvalue weighted by molar-refractivity contribution is 5.73. The van der Waals surface area contributed by atoms with E-state index in [0.717, 1.165) is 18.4 Å². The zero-order valence-corrected chi connectivity index (χ0v) is 11.2. The molecule has 19 heavy (non-hydrogen) atoms. The molecular weight excluding hydrogens is 244 g/mol. The molecule has 1 aromatic carbocycles. The van der Waals surface area contributed by atoms with Crippen molar-refractivity contribution in [2.24, 2.45) is 5.92 Å². The predicted molar refractivity (Wildman–Crippen MR) is 70.6 cm³/mol. The molecule has 1 aliphatic carbocycles. The molecule has 0 unspecified atom stereocenters. The lowest BCUT2D eigenvalue weighted by molar-refractivity contribution is -0.155. The van der Waals surface area contributed by atoms with Crippen molar-refractivity contribution in [3.8, 4) is 0 Å². The highest BCUT2D eigenvalue weighted by Gasteiger charge is 2.35. The number of carbonyl (C=O) groups is 1. The van der Waals surface area contributed by atoms with Crippen LogP contribution in [0.2, 0.25) is 0 Å². The van der Waals surface area contributed by atoms with Gasteiger partial charge in [-0.25, -0.2) is 0 Å². The lowest BCUT2D eigenvalue weighted by Crippen LogP contribution is -2.37. The van der Waals surface area contributed by atoms with E-state index in [0.29, 0.717) is 19.8 Å². The van der Waals surface area contributed by atoms with E-state index >= 15 is 0 Å². The quantitative estimate of drug-likeness (QED) is 0.559. The Bertz CT molecular complexity index is 384. The van der Waals surface area contributed by atoms with Crippen molar-refractivity contribution in [1.29, 1.82) is 0 Å². The molecule has 4 heteroatoms. The molecule has 1 saturated carbocycles. The largest absolute Gasteiger partial charge is 0.469 e. The van der Waals surface area contributed by atoms with Gasteiger partial charge in [-0.15, -0.1) is 0 Å². The Kier molecular flexibility index (Phi) is 5.36. The number of esters is 1. The topological polar surface area (TPSA) is 44.8 Å². The zero-order chi connectivity index (χ0) is 13.5. The van der Waals surface area contributed by atoms with E-state index in [9.17, 15) is 4.79 Å². The Labute approximate surface area is 113 Å². The highest BCUT2D eigenvalue weighted by atomic mass is 16.5. The Morgan fingerprint density at radius 2 is 1.95 bits per heavy atom. The van der Waals surface area contributed by atoms with Crippen LogP contribution in [0.5, 0.6) is 0 Å². The van der Waals surface area contributed by atoms with Gasteiger partial charge in [-0.1, -0.05) is 30.3 Å². The van der Waals surface area contributed by atoms with Crippen LogP contribution in [-0.4, -0.2) is 32.4 Å². The van der Waals surface area contributed by atoms with E-state index < -0.39 is 0 Å². The smallest absolute Gasteiger partial charge is 0.308 e. The van der Waals surface area contributed by atoms with E-state index in [2.05, 4.69) is 4.74 Å². The van der Waals surface area contributed by atoms with Crippen LogP contribution < -0.4 is 0 Å². The van der Waals surface area contributed by atoms with Crippen LogP contribution in [0.1, 0.15) is 18.4 Å². The molecule has 0 radical (unpaired) electrons. The van der Waals surface area contributed by atoms with Crippen molar-refractivity contribution in [3.05, 3.63) is 35.9 Å². The van der Waals surface area contributed by atoms with Crippen molar-refractivity contribution < 1.29 is 19.0 Å². The number of hydrogen-bond acceptors (Lipinski definition) is 4. The maximum absolute atomic E-state index is 11.2. The third kappa shape index (κ3) is 4.33. The molecule has 0 spiro atoms. The van der Waals surface area contributed by atoms with Gasteiger partial charge in [-0.05, 0) is 18.4 Å². The van der Waals surface area contributed by atoms with Crippen molar-refractivity contribution in [1.82, 2.24) is 0 Å². The standard InChI is InChI=1S/C15H20O4/c1-17-15(16)13-9-14(10-13)19-8-7-18-11-12-5-3-2-4-6-12/h2-6,13-14H,7-11H2,1H3. The first-order valence-electron chi connectivity index (χ1n) is 6.60. The normalized spacial score (nSPS) is 21.7. The number of carbonyl (C=O) groups excluding carboxylic acids is 1. The third-order valence-corrected chi connectivity index (χ3v) is 3.32. The van der Waals surface area contributed by atoms with Crippen LogP contribution in [0.4, 0.5) is 0 Å². The summed E-state index contributed by atoms with van der Waals surface area (Å²) in [7, 11) is 1.42. The van der Waals surface area contributed by atoms with Gasteiger partial charge in [0.2, 0.25) is 0 Å². The first-order chi connectivity index (χ1) is 9.29. The maximum atomic E-state index is 11.2. The van der Waals surface area contributed by atoms with E-state index in [1.54, 1.807) is 0 Å². The molecule has 0 N–H and O–H groups in total. The first-order valence-corrected chi connectivity index (χ1v) is 6.60. The fourth-order valence-electron chi connectivity index (χ4n) is 2.10. The molecule has 0 amide bonds. The predicted octanol–water partition coefficient (Wildman–Crippen LogP) is 2.17. The monoisotopic (exact) mass is 264 g/mol. The summed E-state index contributed by atoms with van der Waals surface area (Å²) in [6.45, 7) is 1.76. The summed E-state index contributed by atoms with van der Waals surface area (Å²) in [6, 6.07) is 10.1. The van der Waals surface area contributed by atoms with Crippen molar-refractivity contribution in [3.63, 3.8) is 0 Å². The summed E-state index contributed by atoms with van der Waals surface area (Å²) >= 11 is 0. The number of methoxy groups -OCH3 is 1. The summed E-state index contributed by atoms with van der Waals surface area (Å²) in [5, 5.41) is 0. The Balaban J connectivity index is 1.49. The minimum Gasteiger partial charge on any atom is -0.469 e. The first kappa shape index (κ1) is 14.0. The van der Waals surface area contributed by atoms with Gasteiger partial charge >= 0.3 is 5.97 Å². The molecular formula is C15H20O4. The molecule has 2 rings (SSSR count). The van der Waals surface area contributed by atoms with Crippen LogP contribution in [0.15, 0.2) is 30.3 Å². The highest BCUT2D eigenvalue weighted by Crippen LogP contribution is 2.30. The summed E-state index contributed by atoms with van der Waals surface area (Å²) < 4.78 is 15.8. The number of hydrogen-bond donors (Lipinski definition) is 0. The van der Waals surface area contributed by atoms with E-state index in [4.69, 9.17) is 9.47 Å². The van der Waals surface area contributed by atoms with Crippen LogP contribution >= 0.6 is 0 Å². The fourth-order valence-corrected chi connectivity index (χ4v) is 2.10. The molecule has 1 aliphatic rings. The van der Waals surface area contributed by atoms with Gasteiger partial charge in [0.05, 0.1) is 39.0 Å². The van der Waals surface area contributed by atoms with Gasteiger partial charge in [-0.2, -0.15) is 0 Å². The average Bonchev–Trinajstić information content (AvgIpc) is 2.41. The van der Waals surface area contributed by atoms with Gasteiger partial charge < -0.3 is 14.2 Å². The summed E-state index contributed by atoms with van der Waals surface area (Å²) in [5.74, 6) is -0.0968. The molecule has 4 nitrogen and oxygen atoms in total. The van der Waals surface area contributed by atoms with Crippen LogP contribution in [0, 0.1) is 5.92 Å². The Morgan fingerprint density at radius 3 is 2.63 bits per heavy atom. The van der Waals surface area contributed by atoms with Gasteiger partial charge in [0.25, 0.3) is 0 Å². The SMILES string of the molecule is COC(=O)C1CC(OCCOCc2ccccc2)C1. The molecule has 0 bridgehead atoms. The Hall–Kier alpha value is -1.39. The van der Waals surface area contributed by atoms with Crippen molar-refractivity contribution in [2.45, 2.75) is 25.6 Å². The molecule has 0 heterocycles. The average molecular weight is 264 g/mol. The van der Waals surface area contributed by atoms with E-state index in [1.165, 1.54) is 7.11 Å². The van der Waals surface area contributed by atoms with E-state index in [-0.39, 0.29) is 18.0 Å². The second-order valence-corrected chi connectivity index (χ2v) is 4.72. The number of ether oxygens (including phenoxy) is 3. The summed E-state index contributed by atoms with van der Waals surface area (Å²) in [4.78, 5) is 11.2. The number of benzene rings is 1. The zero-order valence-electron chi connectivity index (χ0n) is 11.2. The molecule has 1 fully saturated rings. The van der Waals surface area contributed by atoms with Crippen LogP contribution in [0.3, 0.4) is 0 Å². The molecule has 0 atom stereocenters. The fraction of sp³-hybridized carbons (Fsp3) is 0.533. The summed E-state index contributed by atoms with van der Waals surface area (Å²) in [6.07, 6.45) is 1.72. The third-order valence-electron chi connectivity index (χ3n) is 3.32. The lowest BCUT2D eigenvalue weighted by Gasteiger charge is -2.32. The maximum Gasteiger partial charge on any atom is 0.308 e. The molecule has 0 aliphatic heterocycles. The Morgan fingerprint density at radius 1 is 1.21 bits per heavy atom. The molecule has 0 aromatic heterocycles. The summed E-state index contributed by atoms with van der Waals surface area (Å²) in [5.41, 5.74) is 1.16. The van der Waals surface area contributed by atoms with E-state index in [1.807, 2.05) is 30.3 Å². The lowest BCUT2D eigenvalue weighted by atomic mass is 9.82. The van der Waals surface area contributed by atoms with Crippen molar-refractivity contribution in [2.75, 3.05) is 20.3 Å². The molecule has 0 saturated heterocycles.